The van der Waals surface area contributed by atoms with E-state index in [1.54, 1.807) is 12.1 Å². The third kappa shape index (κ3) is 3.99. The van der Waals surface area contributed by atoms with Gasteiger partial charge >= 0.3 is 5.97 Å². The molecule has 0 aromatic heterocycles. The number of hydrogen-bond acceptors (Lipinski definition) is 4. The van der Waals surface area contributed by atoms with E-state index in [2.05, 4.69) is 39.2 Å². The number of ether oxygens (including phenoxy) is 1. The highest BCUT2D eigenvalue weighted by atomic mass is 16.5. The van der Waals surface area contributed by atoms with Crippen LogP contribution in [0, 0.1) is 0 Å². The molecular formula is C17H20N2O2. The van der Waals surface area contributed by atoms with Crippen molar-refractivity contribution >= 4 is 17.3 Å². The van der Waals surface area contributed by atoms with E-state index < -0.39 is 0 Å². The van der Waals surface area contributed by atoms with E-state index in [-0.39, 0.29) is 5.97 Å². The second kappa shape index (κ2) is 6.79. The van der Waals surface area contributed by atoms with Gasteiger partial charge in [-0.1, -0.05) is 12.1 Å². The molecule has 0 fully saturated rings. The Labute approximate surface area is 125 Å². The van der Waals surface area contributed by atoms with E-state index in [0.717, 1.165) is 12.2 Å². The molecule has 0 aliphatic carbocycles. The van der Waals surface area contributed by atoms with Gasteiger partial charge in [0.25, 0.3) is 0 Å². The fourth-order valence-electron chi connectivity index (χ4n) is 1.96. The molecule has 0 spiro atoms. The molecule has 1 N–H and O–H groups in total. The average molecular weight is 284 g/mol. The quantitative estimate of drug-likeness (QED) is 0.856. The van der Waals surface area contributed by atoms with E-state index in [1.165, 1.54) is 18.4 Å². The van der Waals surface area contributed by atoms with Gasteiger partial charge in [-0.2, -0.15) is 0 Å². The Bertz CT molecular complexity index is 589. The summed E-state index contributed by atoms with van der Waals surface area (Å²) in [6.45, 7) is 0.741. The Kier molecular flexibility index (Phi) is 4.82. The molecule has 4 nitrogen and oxygen atoms in total. The molecule has 0 saturated carbocycles. The lowest BCUT2D eigenvalue weighted by Gasteiger charge is -2.13. The fourth-order valence-corrected chi connectivity index (χ4v) is 1.96. The Morgan fingerprint density at radius 3 is 2.19 bits per heavy atom. The standard InChI is InChI=1S/C17H20N2O2/c1-19(2)16-10-4-13(5-11-16)12-18-15-8-6-14(7-9-15)17(20)21-3/h4-11,18H,12H2,1-3H3. The third-order valence-electron chi connectivity index (χ3n) is 3.26. The Morgan fingerprint density at radius 2 is 1.67 bits per heavy atom. The Balaban J connectivity index is 1.95. The SMILES string of the molecule is COC(=O)c1ccc(NCc2ccc(N(C)C)cc2)cc1. The molecule has 0 aliphatic heterocycles. The minimum Gasteiger partial charge on any atom is -0.465 e. The molecule has 2 aromatic rings. The van der Waals surface area contributed by atoms with Crippen molar-refractivity contribution in [2.24, 2.45) is 0 Å². The summed E-state index contributed by atoms with van der Waals surface area (Å²) in [5.74, 6) is -0.319. The number of rotatable bonds is 5. The molecule has 21 heavy (non-hydrogen) atoms. The zero-order chi connectivity index (χ0) is 15.2. The summed E-state index contributed by atoms with van der Waals surface area (Å²) in [6, 6.07) is 15.7. The van der Waals surface area contributed by atoms with Crippen LogP contribution in [-0.2, 0) is 11.3 Å². The van der Waals surface area contributed by atoms with Crippen molar-refractivity contribution in [2.75, 3.05) is 31.4 Å². The van der Waals surface area contributed by atoms with Crippen molar-refractivity contribution in [3.05, 3.63) is 59.7 Å². The van der Waals surface area contributed by atoms with E-state index >= 15 is 0 Å². The molecule has 0 radical (unpaired) electrons. The number of benzene rings is 2. The van der Waals surface area contributed by atoms with Crippen molar-refractivity contribution in [3.8, 4) is 0 Å². The van der Waals surface area contributed by atoms with E-state index in [9.17, 15) is 4.79 Å². The minimum absolute atomic E-state index is 0.319. The van der Waals surface area contributed by atoms with Crippen LogP contribution in [0.15, 0.2) is 48.5 Å². The number of esters is 1. The van der Waals surface area contributed by atoms with Gasteiger partial charge in [0.2, 0.25) is 0 Å². The van der Waals surface area contributed by atoms with Crippen molar-refractivity contribution < 1.29 is 9.53 Å². The number of anilines is 2. The molecule has 2 aromatic carbocycles. The van der Waals surface area contributed by atoms with Crippen LogP contribution in [0.1, 0.15) is 15.9 Å². The van der Waals surface area contributed by atoms with Gasteiger partial charge in [0.1, 0.15) is 0 Å². The van der Waals surface area contributed by atoms with Crippen molar-refractivity contribution in [3.63, 3.8) is 0 Å². The van der Waals surface area contributed by atoms with Gasteiger partial charge in [-0.15, -0.1) is 0 Å². The fraction of sp³-hybridized carbons (Fsp3) is 0.235. The summed E-state index contributed by atoms with van der Waals surface area (Å²) >= 11 is 0. The summed E-state index contributed by atoms with van der Waals surface area (Å²) < 4.78 is 4.67. The van der Waals surface area contributed by atoms with Crippen molar-refractivity contribution in [1.82, 2.24) is 0 Å². The molecular weight excluding hydrogens is 264 g/mol. The highest BCUT2D eigenvalue weighted by molar-refractivity contribution is 5.89. The van der Waals surface area contributed by atoms with Gasteiger partial charge in [-0.3, -0.25) is 0 Å². The molecule has 0 amide bonds. The van der Waals surface area contributed by atoms with Crippen LogP contribution in [0.5, 0.6) is 0 Å². The summed E-state index contributed by atoms with van der Waals surface area (Å²) in [5, 5.41) is 3.33. The van der Waals surface area contributed by atoms with Gasteiger partial charge in [-0.05, 0) is 42.0 Å². The molecule has 0 aliphatic rings. The lowest BCUT2D eigenvalue weighted by molar-refractivity contribution is 0.0601. The lowest BCUT2D eigenvalue weighted by atomic mass is 10.1. The van der Waals surface area contributed by atoms with Crippen LogP contribution in [0.2, 0.25) is 0 Å². The lowest BCUT2D eigenvalue weighted by Crippen LogP contribution is -2.08. The molecule has 4 heteroatoms. The molecule has 110 valence electrons. The first-order valence-electron chi connectivity index (χ1n) is 6.78. The van der Waals surface area contributed by atoms with Gasteiger partial charge < -0.3 is 15.0 Å². The number of methoxy groups -OCH3 is 1. The summed E-state index contributed by atoms with van der Waals surface area (Å²) in [5.41, 5.74) is 3.91. The first kappa shape index (κ1) is 14.9. The topological polar surface area (TPSA) is 41.6 Å². The molecule has 2 rings (SSSR count). The normalized spacial score (nSPS) is 10.0. The zero-order valence-corrected chi connectivity index (χ0v) is 12.6. The average Bonchev–Trinajstić information content (AvgIpc) is 2.53. The summed E-state index contributed by atoms with van der Waals surface area (Å²) in [4.78, 5) is 13.4. The van der Waals surface area contributed by atoms with Gasteiger partial charge in [0.15, 0.2) is 0 Å². The number of nitrogens with one attached hydrogen (secondary N) is 1. The van der Waals surface area contributed by atoms with Crippen LogP contribution >= 0.6 is 0 Å². The maximum absolute atomic E-state index is 11.3. The van der Waals surface area contributed by atoms with Gasteiger partial charge in [0, 0.05) is 32.0 Å². The molecule has 0 unspecified atom stereocenters. The van der Waals surface area contributed by atoms with Crippen molar-refractivity contribution in [2.45, 2.75) is 6.54 Å². The van der Waals surface area contributed by atoms with Crippen LogP contribution in [0.25, 0.3) is 0 Å². The number of carbonyl (C=O) groups is 1. The van der Waals surface area contributed by atoms with Gasteiger partial charge in [0.05, 0.1) is 12.7 Å². The minimum atomic E-state index is -0.319. The second-order valence-corrected chi connectivity index (χ2v) is 4.98. The largest absolute Gasteiger partial charge is 0.465 e. The number of hydrogen-bond donors (Lipinski definition) is 1. The smallest absolute Gasteiger partial charge is 0.337 e. The van der Waals surface area contributed by atoms with E-state index in [1.807, 2.05) is 26.2 Å². The molecule has 0 atom stereocenters. The molecule has 0 bridgehead atoms. The first-order valence-corrected chi connectivity index (χ1v) is 6.78. The predicted molar refractivity (Wildman–Crippen MR) is 85.9 cm³/mol. The summed E-state index contributed by atoms with van der Waals surface area (Å²) in [6.07, 6.45) is 0. The maximum atomic E-state index is 11.3. The highest BCUT2D eigenvalue weighted by Crippen LogP contribution is 2.15. The monoisotopic (exact) mass is 284 g/mol. The highest BCUT2D eigenvalue weighted by Gasteiger charge is 2.04. The van der Waals surface area contributed by atoms with E-state index in [4.69, 9.17) is 0 Å². The third-order valence-corrected chi connectivity index (χ3v) is 3.26. The van der Waals surface area contributed by atoms with Gasteiger partial charge in [-0.25, -0.2) is 4.79 Å². The van der Waals surface area contributed by atoms with E-state index in [0.29, 0.717) is 5.56 Å². The van der Waals surface area contributed by atoms with Crippen LogP contribution in [0.3, 0.4) is 0 Å². The number of nitrogens with zero attached hydrogens (tertiary/aromatic N) is 1. The van der Waals surface area contributed by atoms with Crippen LogP contribution in [-0.4, -0.2) is 27.2 Å². The molecule has 0 heterocycles. The Hall–Kier alpha value is -2.49. The van der Waals surface area contributed by atoms with Crippen LogP contribution in [0.4, 0.5) is 11.4 Å². The zero-order valence-electron chi connectivity index (χ0n) is 12.6. The Morgan fingerprint density at radius 1 is 1.05 bits per heavy atom. The first-order chi connectivity index (χ1) is 10.1. The van der Waals surface area contributed by atoms with Crippen LogP contribution < -0.4 is 10.2 Å². The summed E-state index contributed by atoms with van der Waals surface area (Å²) in [7, 11) is 5.43. The second-order valence-electron chi connectivity index (χ2n) is 4.98. The van der Waals surface area contributed by atoms with Crippen molar-refractivity contribution in [1.29, 1.82) is 0 Å². The predicted octanol–water partition coefficient (Wildman–Crippen LogP) is 3.15. The maximum Gasteiger partial charge on any atom is 0.337 e. The number of carbonyl (C=O) groups excluding carboxylic acids is 1. The molecule has 0 saturated heterocycles.